The Labute approximate surface area is 221 Å². The number of carbonyl (C=O) groups is 3. The number of carbonyl (C=O) groups excluding carboxylic acids is 3. The minimum Gasteiger partial charge on any atom is -0.337 e. The van der Waals surface area contributed by atoms with Gasteiger partial charge in [0.2, 0.25) is 11.8 Å². The van der Waals surface area contributed by atoms with E-state index >= 15 is 0 Å². The molecule has 0 saturated carbocycles. The largest absolute Gasteiger partial charge is 0.337 e. The number of benzene rings is 2. The molecular formula is C28H26N4O5S. The van der Waals surface area contributed by atoms with E-state index < -0.39 is 17.2 Å². The van der Waals surface area contributed by atoms with Gasteiger partial charge in [-0.05, 0) is 49.6 Å². The molecule has 1 aliphatic rings. The van der Waals surface area contributed by atoms with E-state index in [1.54, 1.807) is 29.2 Å². The molecule has 1 aliphatic heterocycles. The second-order valence-electron chi connectivity index (χ2n) is 9.35. The molecule has 2 aromatic carbocycles. The maximum absolute atomic E-state index is 13.8. The molecule has 0 saturated heterocycles. The molecule has 0 fully saturated rings. The van der Waals surface area contributed by atoms with Crippen LogP contribution in [0.4, 0.5) is 5.69 Å². The molecule has 0 bridgehead atoms. The van der Waals surface area contributed by atoms with Crippen molar-refractivity contribution in [1.29, 1.82) is 0 Å². The van der Waals surface area contributed by atoms with E-state index in [9.17, 15) is 24.0 Å². The Kier molecular flexibility index (Phi) is 6.58. The van der Waals surface area contributed by atoms with Crippen LogP contribution < -0.4 is 16.6 Å². The Morgan fingerprint density at radius 2 is 1.79 bits per heavy atom. The normalized spacial score (nSPS) is 12.9. The van der Waals surface area contributed by atoms with Crippen LogP contribution in [0.1, 0.15) is 40.2 Å². The fourth-order valence-electron chi connectivity index (χ4n) is 4.75. The summed E-state index contributed by atoms with van der Waals surface area (Å²) in [5.74, 6) is -0.681. The number of para-hydroxylation sites is 1. The molecule has 0 spiro atoms. The minimum absolute atomic E-state index is 0.0680. The lowest BCUT2D eigenvalue weighted by molar-refractivity contribution is -0.129. The van der Waals surface area contributed by atoms with Crippen molar-refractivity contribution in [2.75, 3.05) is 11.9 Å². The Hall–Kier alpha value is -4.31. The van der Waals surface area contributed by atoms with Crippen molar-refractivity contribution < 1.29 is 14.4 Å². The summed E-state index contributed by atoms with van der Waals surface area (Å²) < 4.78 is 2.34. The lowest BCUT2D eigenvalue weighted by atomic mass is 10.1. The summed E-state index contributed by atoms with van der Waals surface area (Å²) >= 11 is 1.26. The second kappa shape index (κ2) is 9.86. The van der Waals surface area contributed by atoms with E-state index in [2.05, 4.69) is 5.32 Å². The van der Waals surface area contributed by atoms with Crippen molar-refractivity contribution in [2.45, 2.75) is 40.3 Å². The number of nitrogens with zero attached hydrogens (tertiary/aromatic N) is 3. The molecular weight excluding hydrogens is 504 g/mol. The molecule has 38 heavy (non-hydrogen) atoms. The lowest BCUT2D eigenvalue weighted by Crippen LogP contribution is -2.41. The van der Waals surface area contributed by atoms with Crippen LogP contribution in [-0.4, -0.2) is 38.2 Å². The van der Waals surface area contributed by atoms with Gasteiger partial charge in [0.25, 0.3) is 5.56 Å². The number of aromatic nitrogens is 2. The average Bonchev–Trinajstić information content (AvgIpc) is 3.27. The molecule has 4 aromatic rings. The maximum atomic E-state index is 13.8. The van der Waals surface area contributed by atoms with Crippen molar-refractivity contribution in [3.05, 3.63) is 90.9 Å². The van der Waals surface area contributed by atoms with Gasteiger partial charge in [-0.3, -0.25) is 23.7 Å². The number of ketones is 1. The first-order valence-electron chi connectivity index (χ1n) is 12.2. The summed E-state index contributed by atoms with van der Waals surface area (Å²) in [6.07, 6.45) is 0.464. The quantitative estimate of drug-likeness (QED) is 0.398. The topological polar surface area (TPSA) is 110 Å². The van der Waals surface area contributed by atoms with E-state index in [0.29, 0.717) is 41.0 Å². The summed E-state index contributed by atoms with van der Waals surface area (Å²) in [6, 6.07) is 13.7. The van der Waals surface area contributed by atoms with Crippen LogP contribution in [0.2, 0.25) is 0 Å². The van der Waals surface area contributed by atoms with Crippen molar-refractivity contribution in [3.63, 3.8) is 0 Å². The highest BCUT2D eigenvalue weighted by molar-refractivity contribution is 7.18. The molecule has 0 unspecified atom stereocenters. The summed E-state index contributed by atoms with van der Waals surface area (Å²) in [4.78, 5) is 67.7. The van der Waals surface area contributed by atoms with E-state index in [4.69, 9.17) is 0 Å². The van der Waals surface area contributed by atoms with Gasteiger partial charge in [-0.2, -0.15) is 0 Å². The van der Waals surface area contributed by atoms with Gasteiger partial charge in [0.15, 0.2) is 5.78 Å². The molecule has 3 heterocycles. The van der Waals surface area contributed by atoms with Crippen LogP contribution in [0.5, 0.6) is 0 Å². The molecule has 0 radical (unpaired) electrons. The van der Waals surface area contributed by atoms with Gasteiger partial charge in [0.1, 0.15) is 11.4 Å². The Morgan fingerprint density at radius 1 is 1.03 bits per heavy atom. The SMILES string of the molecule is CC(=O)c1cccc(-n2c(=O)c3c4c(sc3n(CC(=O)Nc3ccccc3C)c2=O)CN(C(C)=O)CC4)c1. The van der Waals surface area contributed by atoms with Crippen molar-refractivity contribution in [1.82, 2.24) is 14.0 Å². The minimum atomic E-state index is -0.676. The Bertz CT molecular complexity index is 1750. The van der Waals surface area contributed by atoms with Gasteiger partial charge >= 0.3 is 5.69 Å². The van der Waals surface area contributed by atoms with E-state index in [1.165, 1.54) is 35.8 Å². The zero-order valence-electron chi connectivity index (χ0n) is 21.2. The lowest BCUT2D eigenvalue weighted by Gasteiger charge is -2.25. The standard InChI is InChI=1S/C28H26N4O5S/c1-16-7-4-5-10-22(16)29-24(35)15-31-27-25(21-11-12-30(18(3)34)14-23(21)38-27)26(36)32(28(31)37)20-9-6-8-19(13-20)17(2)33/h4-10,13H,11-12,14-15H2,1-3H3,(H,29,35). The number of Topliss-reactive ketones (excluding diaryl/α,β-unsaturated/α-hetero) is 1. The number of anilines is 1. The molecule has 0 aliphatic carbocycles. The van der Waals surface area contributed by atoms with Gasteiger partial charge < -0.3 is 10.2 Å². The smallest absolute Gasteiger partial charge is 0.337 e. The Balaban J connectivity index is 1.70. The van der Waals surface area contributed by atoms with E-state index in [1.807, 2.05) is 25.1 Å². The zero-order chi connectivity index (χ0) is 27.1. The van der Waals surface area contributed by atoms with E-state index in [-0.39, 0.29) is 23.9 Å². The van der Waals surface area contributed by atoms with Gasteiger partial charge in [-0.1, -0.05) is 30.3 Å². The third-order valence-electron chi connectivity index (χ3n) is 6.80. The van der Waals surface area contributed by atoms with Crippen LogP contribution in [0.3, 0.4) is 0 Å². The van der Waals surface area contributed by atoms with E-state index in [0.717, 1.165) is 20.6 Å². The molecule has 1 N–H and O–H groups in total. The molecule has 9 nitrogen and oxygen atoms in total. The Morgan fingerprint density at radius 3 is 2.50 bits per heavy atom. The monoisotopic (exact) mass is 530 g/mol. The van der Waals surface area contributed by atoms with Crippen molar-refractivity contribution in [2.24, 2.45) is 0 Å². The van der Waals surface area contributed by atoms with Crippen LogP contribution in [0, 0.1) is 6.92 Å². The van der Waals surface area contributed by atoms with Crippen molar-refractivity contribution in [3.8, 4) is 5.69 Å². The summed E-state index contributed by atoms with van der Waals surface area (Å²) in [5.41, 5.74) is 1.73. The van der Waals surface area contributed by atoms with Crippen LogP contribution in [0.15, 0.2) is 58.1 Å². The predicted octanol–water partition coefficient (Wildman–Crippen LogP) is 3.27. The van der Waals surface area contributed by atoms with Gasteiger partial charge in [-0.25, -0.2) is 9.36 Å². The zero-order valence-corrected chi connectivity index (χ0v) is 22.1. The number of nitrogens with one attached hydrogen (secondary N) is 1. The first kappa shape index (κ1) is 25.3. The molecule has 2 aromatic heterocycles. The number of thiophene rings is 1. The molecule has 0 atom stereocenters. The van der Waals surface area contributed by atoms with Crippen LogP contribution >= 0.6 is 11.3 Å². The number of fused-ring (bicyclic) bond motifs is 3. The molecule has 194 valence electrons. The molecule has 10 heteroatoms. The second-order valence-corrected chi connectivity index (χ2v) is 10.4. The fraction of sp³-hybridized carbons (Fsp3) is 0.250. The molecule has 5 rings (SSSR count). The third-order valence-corrected chi connectivity index (χ3v) is 8.04. The van der Waals surface area contributed by atoms with Crippen molar-refractivity contribution >= 4 is 44.8 Å². The highest BCUT2D eigenvalue weighted by Gasteiger charge is 2.28. The third kappa shape index (κ3) is 4.47. The summed E-state index contributed by atoms with van der Waals surface area (Å²) in [5, 5.41) is 3.22. The number of aryl methyl sites for hydroxylation is 1. The molecule has 2 amide bonds. The highest BCUT2D eigenvalue weighted by Crippen LogP contribution is 2.33. The fourth-order valence-corrected chi connectivity index (χ4v) is 6.10. The number of hydrogen-bond donors (Lipinski definition) is 1. The number of amides is 2. The number of hydrogen-bond acceptors (Lipinski definition) is 6. The first-order valence-corrected chi connectivity index (χ1v) is 13.0. The van der Waals surface area contributed by atoms with Crippen LogP contribution in [-0.2, 0) is 29.1 Å². The van der Waals surface area contributed by atoms with Gasteiger partial charge in [0, 0.05) is 29.6 Å². The average molecular weight is 531 g/mol. The van der Waals surface area contributed by atoms with Gasteiger partial charge in [0.05, 0.1) is 17.6 Å². The highest BCUT2D eigenvalue weighted by atomic mass is 32.1. The number of rotatable bonds is 5. The summed E-state index contributed by atoms with van der Waals surface area (Å²) in [7, 11) is 0. The first-order chi connectivity index (χ1) is 18.2. The predicted molar refractivity (Wildman–Crippen MR) is 146 cm³/mol. The summed E-state index contributed by atoms with van der Waals surface area (Å²) in [6.45, 7) is 5.27. The maximum Gasteiger partial charge on any atom is 0.337 e. The van der Waals surface area contributed by atoms with Gasteiger partial charge in [-0.15, -0.1) is 11.3 Å². The van der Waals surface area contributed by atoms with Crippen LogP contribution in [0.25, 0.3) is 15.9 Å².